The molecule has 8 nitrogen and oxygen atoms in total. The summed E-state index contributed by atoms with van der Waals surface area (Å²) >= 11 is 0. The van der Waals surface area contributed by atoms with Crippen molar-refractivity contribution < 1.29 is 9.47 Å². The van der Waals surface area contributed by atoms with Crippen LogP contribution >= 0.6 is 0 Å². The minimum atomic E-state index is -0.536. The van der Waals surface area contributed by atoms with Crippen LogP contribution in [0.1, 0.15) is 18.2 Å². The number of hydrogen-bond acceptors (Lipinski definition) is 7. The Morgan fingerprint density at radius 2 is 2.23 bits per heavy atom. The number of benzene rings is 1. The molecule has 2 aromatic rings. The highest BCUT2D eigenvalue weighted by atomic mass is 16.5. The molecule has 0 aliphatic heterocycles. The molecule has 2 N–H and O–H groups in total. The Morgan fingerprint density at radius 1 is 1.41 bits per heavy atom. The molecular weight excluding hydrogens is 286 g/mol. The first-order valence-electron chi connectivity index (χ1n) is 6.67. The second-order valence-corrected chi connectivity index (χ2v) is 4.29. The van der Waals surface area contributed by atoms with Gasteiger partial charge in [0.05, 0.1) is 19.9 Å². The van der Waals surface area contributed by atoms with Gasteiger partial charge in [-0.3, -0.25) is 5.43 Å². The molecule has 8 heteroatoms. The first-order chi connectivity index (χ1) is 10.6. The lowest BCUT2D eigenvalue weighted by Gasteiger charge is -2.09. The summed E-state index contributed by atoms with van der Waals surface area (Å²) in [6.45, 7) is 4.15. The van der Waals surface area contributed by atoms with Crippen molar-refractivity contribution in [2.24, 2.45) is 5.10 Å². The number of anilines is 1. The number of nitrogens with one attached hydrogen (secondary N) is 2. The molecule has 0 aliphatic carbocycles. The summed E-state index contributed by atoms with van der Waals surface area (Å²) in [6.07, 6.45) is 1.59. The molecule has 22 heavy (non-hydrogen) atoms. The summed E-state index contributed by atoms with van der Waals surface area (Å²) in [5, 5.41) is 10.1. The maximum absolute atomic E-state index is 11.1. The van der Waals surface area contributed by atoms with Crippen molar-refractivity contribution in [3.63, 3.8) is 0 Å². The SMILES string of the molecule is CCOc1cc(/C=N/Nc2nc(=O)[nH]nc2C)ccc1OC. The van der Waals surface area contributed by atoms with Crippen LogP contribution in [0.4, 0.5) is 5.82 Å². The van der Waals surface area contributed by atoms with Crippen LogP contribution in [0, 0.1) is 6.92 Å². The van der Waals surface area contributed by atoms with E-state index >= 15 is 0 Å². The van der Waals surface area contributed by atoms with Crippen LogP contribution < -0.4 is 20.6 Å². The smallest absolute Gasteiger partial charge is 0.363 e. The van der Waals surface area contributed by atoms with Crippen LogP contribution in [0.25, 0.3) is 0 Å². The average molecular weight is 303 g/mol. The fraction of sp³-hybridized carbons (Fsp3) is 0.286. The van der Waals surface area contributed by atoms with Crippen molar-refractivity contribution in [2.75, 3.05) is 19.1 Å². The Kier molecular flexibility index (Phi) is 5.07. The second kappa shape index (κ2) is 7.21. The topological polar surface area (TPSA) is 101 Å². The van der Waals surface area contributed by atoms with Crippen molar-refractivity contribution in [2.45, 2.75) is 13.8 Å². The summed E-state index contributed by atoms with van der Waals surface area (Å²) in [5.74, 6) is 1.60. The van der Waals surface area contributed by atoms with Gasteiger partial charge < -0.3 is 9.47 Å². The molecule has 0 radical (unpaired) electrons. The third kappa shape index (κ3) is 3.81. The molecule has 0 spiro atoms. The van der Waals surface area contributed by atoms with Gasteiger partial charge in [-0.05, 0) is 37.6 Å². The van der Waals surface area contributed by atoms with E-state index in [0.717, 1.165) is 5.56 Å². The average Bonchev–Trinajstić information content (AvgIpc) is 2.51. The molecule has 2 rings (SSSR count). The summed E-state index contributed by atoms with van der Waals surface area (Å²) in [4.78, 5) is 14.8. The highest BCUT2D eigenvalue weighted by molar-refractivity contribution is 5.81. The lowest BCUT2D eigenvalue weighted by atomic mass is 10.2. The van der Waals surface area contributed by atoms with Crippen molar-refractivity contribution in [1.82, 2.24) is 15.2 Å². The van der Waals surface area contributed by atoms with E-state index in [9.17, 15) is 4.79 Å². The number of H-pyrrole nitrogens is 1. The zero-order valence-electron chi connectivity index (χ0n) is 12.6. The number of hydrogen-bond donors (Lipinski definition) is 2. The summed E-state index contributed by atoms with van der Waals surface area (Å²) in [5.41, 5.74) is 3.51. The highest BCUT2D eigenvalue weighted by Gasteiger charge is 2.04. The van der Waals surface area contributed by atoms with E-state index in [1.807, 2.05) is 19.1 Å². The maximum Gasteiger partial charge on any atom is 0.363 e. The first kappa shape index (κ1) is 15.5. The zero-order chi connectivity index (χ0) is 15.9. The third-order valence-electron chi connectivity index (χ3n) is 2.75. The van der Waals surface area contributed by atoms with Crippen LogP contribution in [-0.4, -0.2) is 35.1 Å². The number of nitrogens with zero attached hydrogens (tertiary/aromatic N) is 3. The molecule has 0 fully saturated rings. The number of ether oxygens (including phenoxy) is 2. The fourth-order valence-electron chi connectivity index (χ4n) is 1.71. The Labute approximate surface area is 127 Å². The van der Waals surface area contributed by atoms with Crippen molar-refractivity contribution in [3.05, 3.63) is 39.9 Å². The fourth-order valence-corrected chi connectivity index (χ4v) is 1.71. The second-order valence-electron chi connectivity index (χ2n) is 4.29. The Balaban J connectivity index is 2.14. The molecule has 0 bridgehead atoms. The van der Waals surface area contributed by atoms with Crippen LogP contribution in [0.15, 0.2) is 28.1 Å². The maximum atomic E-state index is 11.1. The van der Waals surface area contributed by atoms with E-state index in [1.165, 1.54) is 0 Å². The number of aryl methyl sites for hydroxylation is 1. The van der Waals surface area contributed by atoms with Crippen molar-refractivity contribution in [3.8, 4) is 11.5 Å². The van der Waals surface area contributed by atoms with E-state index in [0.29, 0.717) is 29.6 Å². The molecule has 0 saturated carbocycles. The van der Waals surface area contributed by atoms with Gasteiger partial charge in [-0.25, -0.2) is 9.89 Å². The van der Waals surface area contributed by atoms with Gasteiger partial charge in [0.15, 0.2) is 17.3 Å². The minimum absolute atomic E-state index is 0.304. The number of methoxy groups -OCH3 is 1. The quantitative estimate of drug-likeness (QED) is 0.616. The molecule has 0 unspecified atom stereocenters. The van der Waals surface area contributed by atoms with Crippen LogP contribution in [-0.2, 0) is 0 Å². The third-order valence-corrected chi connectivity index (χ3v) is 2.75. The van der Waals surface area contributed by atoms with E-state index < -0.39 is 5.69 Å². The van der Waals surface area contributed by atoms with Gasteiger partial charge >= 0.3 is 5.69 Å². The van der Waals surface area contributed by atoms with Crippen LogP contribution in [0.5, 0.6) is 11.5 Å². The molecule has 0 aliphatic rings. The van der Waals surface area contributed by atoms with E-state index in [4.69, 9.17) is 9.47 Å². The summed E-state index contributed by atoms with van der Waals surface area (Å²) < 4.78 is 10.7. The molecule has 0 amide bonds. The number of aromatic amines is 1. The Hall–Kier alpha value is -2.90. The summed E-state index contributed by atoms with van der Waals surface area (Å²) in [7, 11) is 1.58. The Bertz CT molecular complexity index is 727. The van der Waals surface area contributed by atoms with Gasteiger partial charge in [0, 0.05) is 0 Å². The van der Waals surface area contributed by atoms with E-state index in [-0.39, 0.29) is 0 Å². The predicted octanol–water partition coefficient (Wildman–Crippen LogP) is 1.33. The largest absolute Gasteiger partial charge is 0.493 e. The first-order valence-corrected chi connectivity index (χ1v) is 6.67. The molecule has 1 aromatic heterocycles. The molecular formula is C14H17N5O3. The summed E-state index contributed by atoms with van der Waals surface area (Å²) in [6, 6.07) is 5.44. The van der Waals surface area contributed by atoms with Gasteiger partial charge in [-0.1, -0.05) is 0 Å². The van der Waals surface area contributed by atoms with Gasteiger partial charge in [0.25, 0.3) is 0 Å². The Morgan fingerprint density at radius 3 is 2.95 bits per heavy atom. The lowest BCUT2D eigenvalue weighted by molar-refractivity contribution is 0.311. The van der Waals surface area contributed by atoms with E-state index in [1.54, 1.807) is 26.3 Å². The molecule has 1 aromatic carbocycles. The van der Waals surface area contributed by atoms with Crippen molar-refractivity contribution >= 4 is 12.0 Å². The molecule has 1 heterocycles. The number of hydrazone groups is 1. The normalized spacial score (nSPS) is 10.7. The molecule has 116 valence electrons. The van der Waals surface area contributed by atoms with Gasteiger partial charge in [0.2, 0.25) is 0 Å². The van der Waals surface area contributed by atoms with Gasteiger partial charge in [0.1, 0.15) is 5.69 Å². The van der Waals surface area contributed by atoms with Gasteiger partial charge in [-0.15, -0.1) is 0 Å². The number of aromatic nitrogens is 3. The zero-order valence-corrected chi connectivity index (χ0v) is 12.6. The lowest BCUT2D eigenvalue weighted by Crippen LogP contribution is -2.15. The van der Waals surface area contributed by atoms with E-state index in [2.05, 4.69) is 25.7 Å². The molecule has 0 saturated heterocycles. The van der Waals surface area contributed by atoms with Crippen molar-refractivity contribution in [1.29, 1.82) is 0 Å². The highest BCUT2D eigenvalue weighted by Crippen LogP contribution is 2.27. The minimum Gasteiger partial charge on any atom is -0.493 e. The van der Waals surface area contributed by atoms with Gasteiger partial charge in [-0.2, -0.15) is 15.2 Å². The molecule has 0 atom stereocenters. The predicted molar refractivity (Wildman–Crippen MR) is 82.8 cm³/mol. The standard InChI is InChI=1S/C14H17N5O3/c1-4-22-12-7-10(5-6-11(12)21-3)8-15-18-13-9(2)17-19-14(20)16-13/h5-8H,4H2,1-3H3,(H2,16,18,19,20)/b15-8+. The monoisotopic (exact) mass is 303 g/mol. The van der Waals surface area contributed by atoms with Crippen LogP contribution in [0.2, 0.25) is 0 Å². The number of rotatable bonds is 6. The van der Waals surface area contributed by atoms with Crippen LogP contribution in [0.3, 0.4) is 0 Å².